The minimum atomic E-state index is 0.0636. The van der Waals surface area contributed by atoms with Crippen molar-refractivity contribution in [2.75, 3.05) is 31.1 Å². The first-order chi connectivity index (χ1) is 10.8. The van der Waals surface area contributed by atoms with Gasteiger partial charge in [0.25, 0.3) is 5.91 Å². The molecule has 1 amide bonds. The van der Waals surface area contributed by atoms with Crippen LogP contribution >= 0.6 is 11.3 Å². The number of aromatic nitrogens is 3. The average molecular weight is 313 g/mol. The van der Waals surface area contributed by atoms with Crippen LogP contribution in [0, 0.1) is 0 Å². The number of carbonyl (C=O) groups is 1. The molecule has 112 valence electrons. The van der Waals surface area contributed by atoms with Crippen LogP contribution in [0.25, 0.3) is 10.9 Å². The van der Waals surface area contributed by atoms with Gasteiger partial charge in [-0.25, -0.2) is 4.98 Å². The number of nitrogens with one attached hydrogen (secondary N) is 1. The Labute approximate surface area is 131 Å². The molecule has 3 aromatic rings. The maximum absolute atomic E-state index is 12.8. The van der Waals surface area contributed by atoms with E-state index in [2.05, 4.69) is 20.1 Å². The molecule has 0 saturated carbocycles. The number of nitrogens with zero attached hydrogens (tertiary/aromatic N) is 4. The van der Waals surface area contributed by atoms with Gasteiger partial charge < -0.3 is 9.80 Å². The number of amides is 1. The van der Waals surface area contributed by atoms with Crippen LogP contribution in [0.1, 0.15) is 10.4 Å². The quantitative estimate of drug-likeness (QED) is 0.786. The van der Waals surface area contributed by atoms with Gasteiger partial charge in [0.1, 0.15) is 0 Å². The number of piperazine rings is 1. The summed E-state index contributed by atoms with van der Waals surface area (Å²) in [4.78, 5) is 21.2. The highest BCUT2D eigenvalue weighted by Crippen LogP contribution is 2.21. The summed E-state index contributed by atoms with van der Waals surface area (Å²) in [6, 6.07) is 5.71. The first-order valence-electron chi connectivity index (χ1n) is 7.19. The Morgan fingerprint density at radius 3 is 2.86 bits per heavy atom. The van der Waals surface area contributed by atoms with E-state index in [9.17, 15) is 4.79 Å². The second-order valence-electron chi connectivity index (χ2n) is 5.23. The lowest BCUT2D eigenvalue weighted by molar-refractivity contribution is 0.0748. The normalized spacial score (nSPS) is 15.5. The van der Waals surface area contributed by atoms with E-state index in [0.29, 0.717) is 18.7 Å². The number of carbonyl (C=O) groups excluding carboxylic acids is 1. The predicted octanol–water partition coefficient (Wildman–Crippen LogP) is 1.98. The van der Waals surface area contributed by atoms with Gasteiger partial charge in [-0.2, -0.15) is 5.10 Å². The molecule has 1 fully saturated rings. The molecule has 1 aliphatic heterocycles. The second-order valence-corrected chi connectivity index (χ2v) is 6.11. The Kier molecular flexibility index (Phi) is 3.27. The monoisotopic (exact) mass is 313 g/mol. The van der Waals surface area contributed by atoms with Crippen molar-refractivity contribution in [2.45, 2.75) is 0 Å². The number of thiazole rings is 1. The summed E-state index contributed by atoms with van der Waals surface area (Å²) >= 11 is 1.64. The van der Waals surface area contributed by atoms with Gasteiger partial charge in [0.15, 0.2) is 5.13 Å². The van der Waals surface area contributed by atoms with Crippen LogP contribution in [-0.4, -0.2) is 52.2 Å². The smallest absolute Gasteiger partial charge is 0.256 e. The highest BCUT2D eigenvalue weighted by Gasteiger charge is 2.24. The molecule has 0 spiro atoms. The highest BCUT2D eigenvalue weighted by molar-refractivity contribution is 7.13. The second kappa shape index (κ2) is 5.42. The third-order valence-corrected chi connectivity index (χ3v) is 4.80. The largest absolute Gasteiger partial charge is 0.345 e. The fourth-order valence-corrected chi connectivity index (χ4v) is 3.49. The molecular formula is C15H15N5OS. The van der Waals surface area contributed by atoms with Crippen molar-refractivity contribution in [3.63, 3.8) is 0 Å². The third-order valence-electron chi connectivity index (χ3n) is 3.96. The zero-order valence-corrected chi connectivity index (χ0v) is 12.7. The fraction of sp³-hybridized carbons (Fsp3) is 0.267. The molecule has 3 heterocycles. The van der Waals surface area contributed by atoms with Crippen LogP contribution in [0.3, 0.4) is 0 Å². The van der Waals surface area contributed by atoms with Crippen molar-refractivity contribution in [3.8, 4) is 0 Å². The minimum Gasteiger partial charge on any atom is -0.345 e. The number of rotatable bonds is 2. The summed E-state index contributed by atoms with van der Waals surface area (Å²) in [6.07, 6.45) is 3.56. The maximum atomic E-state index is 12.8. The van der Waals surface area contributed by atoms with Gasteiger partial charge >= 0.3 is 0 Å². The summed E-state index contributed by atoms with van der Waals surface area (Å²) in [5, 5.41) is 10.9. The molecular weight excluding hydrogens is 298 g/mol. The molecule has 4 rings (SSSR count). The molecule has 1 N–H and O–H groups in total. The summed E-state index contributed by atoms with van der Waals surface area (Å²) in [5.41, 5.74) is 1.51. The highest BCUT2D eigenvalue weighted by atomic mass is 32.1. The zero-order valence-electron chi connectivity index (χ0n) is 11.9. The van der Waals surface area contributed by atoms with Gasteiger partial charge in [0.05, 0.1) is 17.3 Å². The van der Waals surface area contributed by atoms with E-state index in [1.54, 1.807) is 17.5 Å². The molecule has 7 heteroatoms. The summed E-state index contributed by atoms with van der Waals surface area (Å²) in [5.74, 6) is 0.0636. The fourth-order valence-electron chi connectivity index (χ4n) is 2.79. The Balaban J connectivity index is 1.51. The Morgan fingerprint density at radius 2 is 2.09 bits per heavy atom. The number of fused-ring (bicyclic) bond motifs is 1. The maximum Gasteiger partial charge on any atom is 0.256 e. The minimum absolute atomic E-state index is 0.0636. The van der Waals surface area contributed by atoms with Crippen LogP contribution in [0.15, 0.2) is 36.0 Å². The van der Waals surface area contributed by atoms with Crippen molar-refractivity contribution in [1.29, 1.82) is 0 Å². The number of hydrogen-bond donors (Lipinski definition) is 1. The van der Waals surface area contributed by atoms with E-state index in [-0.39, 0.29) is 5.91 Å². The molecule has 1 aromatic carbocycles. The van der Waals surface area contributed by atoms with Gasteiger partial charge in [-0.1, -0.05) is 12.1 Å². The topological polar surface area (TPSA) is 65.1 Å². The summed E-state index contributed by atoms with van der Waals surface area (Å²) < 4.78 is 0. The molecule has 0 aliphatic carbocycles. The van der Waals surface area contributed by atoms with Crippen LogP contribution in [0.5, 0.6) is 0 Å². The third kappa shape index (κ3) is 2.23. The molecule has 0 atom stereocenters. The molecule has 0 bridgehead atoms. The Bertz CT molecular complexity index is 789. The molecule has 0 radical (unpaired) electrons. The van der Waals surface area contributed by atoms with Gasteiger partial charge in [-0.15, -0.1) is 11.3 Å². The lowest BCUT2D eigenvalue weighted by atomic mass is 10.1. The number of anilines is 1. The Hall–Kier alpha value is -2.41. The molecule has 1 aliphatic rings. The molecule has 0 unspecified atom stereocenters. The van der Waals surface area contributed by atoms with Gasteiger partial charge in [-0.3, -0.25) is 9.89 Å². The lowest BCUT2D eigenvalue weighted by Gasteiger charge is -2.34. The number of benzene rings is 1. The number of hydrogen-bond acceptors (Lipinski definition) is 5. The van der Waals surface area contributed by atoms with Crippen molar-refractivity contribution >= 4 is 33.3 Å². The molecule has 2 aromatic heterocycles. The van der Waals surface area contributed by atoms with E-state index < -0.39 is 0 Å². The van der Waals surface area contributed by atoms with Gasteiger partial charge in [0, 0.05) is 43.1 Å². The number of para-hydroxylation sites is 1. The van der Waals surface area contributed by atoms with Crippen molar-refractivity contribution in [3.05, 3.63) is 41.5 Å². The molecule has 6 nitrogen and oxygen atoms in total. The number of aromatic amines is 1. The lowest BCUT2D eigenvalue weighted by Crippen LogP contribution is -2.48. The van der Waals surface area contributed by atoms with Crippen LogP contribution in [-0.2, 0) is 0 Å². The van der Waals surface area contributed by atoms with Crippen LogP contribution < -0.4 is 4.90 Å². The van der Waals surface area contributed by atoms with E-state index in [1.165, 1.54) is 0 Å². The van der Waals surface area contributed by atoms with Crippen LogP contribution in [0.2, 0.25) is 0 Å². The first-order valence-corrected chi connectivity index (χ1v) is 8.07. The van der Waals surface area contributed by atoms with Crippen molar-refractivity contribution < 1.29 is 4.79 Å². The summed E-state index contributed by atoms with van der Waals surface area (Å²) in [7, 11) is 0. The van der Waals surface area contributed by atoms with E-state index >= 15 is 0 Å². The van der Waals surface area contributed by atoms with E-state index in [4.69, 9.17) is 0 Å². The standard InChI is InChI=1S/C15H15N5OS/c21-14(12-3-1-2-11-10-17-18-13(11)12)19-5-7-20(8-6-19)15-16-4-9-22-15/h1-4,9-10H,5-8H2,(H,17,18). The van der Waals surface area contributed by atoms with Crippen molar-refractivity contribution in [2.24, 2.45) is 0 Å². The van der Waals surface area contributed by atoms with Crippen molar-refractivity contribution in [1.82, 2.24) is 20.1 Å². The SMILES string of the molecule is O=C(c1cccc2cn[nH]c12)N1CCN(c2nccs2)CC1. The predicted molar refractivity (Wildman–Crippen MR) is 86.3 cm³/mol. The number of H-pyrrole nitrogens is 1. The van der Waals surface area contributed by atoms with Gasteiger partial charge in [0.2, 0.25) is 0 Å². The summed E-state index contributed by atoms with van der Waals surface area (Å²) in [6.45, 7) is 3.06. The Morgan fingerprint density at radius 1 is 1.23 bits per heavy atom. The van der Waals surface area contributed by atoms with E-state index in [1.807, 2.05) is 34.7 Å². The van der Waals surface area contributed by atoms with E-state index in [0.717, 1.165) is 29.1 Å². The molecule has 22 heavy (non-hydrogen) atoms. The average Bonchev–Trinajstić information content (AvgIpc) is 3.25. The van der Waals surface area contributed by atoms with Gasteiger partial charge in [-0.05, 0) is 6.07 Å². The first kappa shape index (κ1) is 13.3. The zero-order chi connectivity index (χ0) is 14.9. The molecule has 1 saturated heterocycles. The van der Waals surface area contributed by atoms with Crippen LogP contribution in [0.4, 0.5) is 5.13 Å².